The van der Waals surface area contributed by atoms with Crippen molar-refractivity contribution in [3.05, 3.63) is 64.2 Å². The molecule has 0 saturated heterocycles. The summed E-state index contributed by atoms with van der Waals surface area (Å²) in [7, 11) is -3.59. The molecule has 0 heterocycles. The molecule has 0 aromatic heterocycles. The van der Waals surface area contributed by atoms with Gasteiger partial charge < -0.3 is 5.32 Å². The molecule has 24 heavy (non-hydrogen) atoms. The van der Waals surface area contributed by atoms with E-state index in [1.54, 1.807) is 42.5 Å². The van der Waals surface area contributed by atoms with E-state index in [-0.39, 0.29) is 23.9 Å². The molecular formula is C17H19ClN2O3S. The lowest BCUT2D eigenvalue weighted by molar-refractivity contribution is 0.0954. The van der Waals surface area contributed by atoms with Crippen LogP contribution in [0.1, 0.15) is 21.5 Å². The second kappa shape index (κ2) is 7.79. The lowest BCUT2D eigenvalue weighted by Crippen LogP contribution is -2.34. The van der Waals surface area contributed by atoms with Crippen LogP contribution in [0.2, 0.25) is 5.02 Å². The number of carbonyl (C=O) groups excluding carboxylic acids is 1. The minimum Gasteiger partial charge on any atom is -0.351 e. The lowest BCUT2D eigenvalue weighted by atomic mass is 10.1. The Bertz CT molecular complexity index is 851. The number of hydrogen-bond donors (Lipinski definition) is 2. The summed E-state index contributed by atoms with van der Waals surface area (Å²) < 4.78 is 26.9. The van der Waals surface area contributed by atoms with Crippen molar-refractivity contribution in [1.29, 1.82) is 0 Å². The van der Waals surface area contributed by atoms with Crippen LogP contribution >= 0.6 is 11.6 Å². The lowest BCUT2D eigenvalue weighted by Gasteiger charge is -2.09. The van der Waals surface area contributed by atoms with Gasteiger partial charge in [0.15, 0.2) is 0 Å². The van der Waals surface area contributed by atoms with Gasteiger partial charge in [0.05, 0.1) is 4.90 Å². The third-order valence-electron chi connectivity index (χ3n) is 3.58. The second-order valence-corrected chi connectivity index (χ2v) is 7.61. The van der Waals surface area contributed by atoms with Crippen molar-refractivity contribution in [1.82, 2.24) is 10.0 Å². The Kier molecular flexibility index (Phi) is 5.99. The van der Waals surface area contributed by atoms with E-state index in [1.807, 2.05) is 13.8 Å². The molecule has 0 bridgehead atoms. The van der Waals surface area contributed by atoms with Crippen LogP contribution in [-0.4, -0.2) is 27.4 Å². The van der Waals surface area contributed by atoms with Gasteiger partial charge in [-0.2, -0.15) is 0 Å². The maximum atomic E-state index is 12.2. The molecule has 2 rings (SSSR count). The summed E-state index contributed by atoms with van der Waals surface area (Å²) in [5.74, 6) is -0.303. The Morgan fingerprint density at radius 1 is 1.04 bits per heavy atom. The van der Waals surface area contributed by atoms with E-state index in [9.17, 15) is 13.2 Å². The maximum absolute atomic E-state index is 12.2. The van der Waals surface area contributed by atoms with Gasteiger partial charge in [0, 0.05) is 23.7 Å². The van der Waals surface area contributed by atoms with Gasteiger partial charge in [-0.3, -0.25) is 4.79 Å². The molecule has 7 heteroatoms. The fourth-order valence-corrected chi connectivity index (χ4v) is 3.36. The minimum absolute atomic E-state index is 0.0988. The summed E-state index contributed by atoms with van der Waals surface area (Å²) in [5, 5.41) is 3.12. The number of rotatable bonds is 6. The smallest absolute Gasteiger partial charge is 0.251 e. The third kappa shape index (κ3) is 4.80. The predicted molar refractivity (Wildman–Crippen MR) is 94.9 cm³/mol. The van der Waals surface area contributed by atoms with Crippen LogP contribution in [0.4, 0.5) is 0 Å². The van der Waals surface area contributed by atoms with Crippen LogP contribution < -0.4 is 10.0 Å². The molecular weight excluding hydrogens is 348 g/mol. The van der Waals surface area contributed by atoms with Gasteiger partial charge in [0.2, 0.25) is 10.0 Å². The number of halogens is 1. The molecule has 2 N–H and O–H groups in total. The first-order chi connectivity index (χ1) is 11.3. The predicted octanol–water partition coefficient (Wildman–Crippen LogP) is 2.67. The van der Waals surface area contributed by atoms with E-state index >= 15 is 0 Å². The Balaban J connectivity index is 1.89. The monoisotopic (exact) mass is 366 g/mol. The first kappa shape index (κ1) is 18.4. The summed E-state index contributed by atoms with van der Waals surface area (Å²) in [5.41, 5.74) is 2.37. The Hall–Kier alpha value is -1.89. The SMILES string of the molecule is Cc1ccc(S(=O)(=O)NCCNC(=O)c2cccc(Cl)c2)cc1C. The molecule has 2 aromatic rings. The van der Waals surface area contributed by atoms with Gasteiger partial charge in [-0.1, -0.05) is 23.7 Å². The van der Waals surface area contributed by atoms with Crippen LogP contribution in [0.3, 0.4) is 0 Å². The first-order valence-corrected chi connectivity index (χ1v) is 9.26. The average Bonchev–Trinajstić information content (AvgIpc) is 2.54. The van der Waals surface area contributed by atoms with Gasteiger partial charge in [-0.15, -0.1) is 0 Å². The van der Waals surface area contributed by atoms with E-state index in [0.29, 0.717) is 10.6 Å². The topological polar surface area (TPSA) is 75.3 Å². The zero-order chi connectivity index (χ0) is 17.7. The van der Waals surface area contributed by atoms with Crippen molar-refractivity contribution < 1.29 is 13.2 Å². The molecule has 0 spiro atoms. The highest BCUT2D eigenvalue weighted by molar-refractivity contribution is 7.89. The summed E-state index contributed by atoms with van der Waals surface area (Å²) in [6.07, 6.45) is 0. The normalized spacial score (nSPS) is 11.3. The molecule has 1 amide bonds. The van der Waals surface area contributed by atoms with Gasteiger partial charge in [-0.25, -0.2) is 13.1 Å². The van der Waals surface area contributed by atoms with Crippen molar-refractivity contribution in [3.63, 3.8) is 0 Å². The molecule has 2 aromatic carbocycles. The molecule has 128 valence electrons. The number of carbonyl (C=O) groups is 1. The van der Waals surface area contributed by atoms with Crippen molar-refractivity contribution in [2.75, 3.05) is 13.1 Å². The number of benzene rings is 2. The minimum atomic E-state index is -3.59. The highest BCUT2D eigenvalue weighted by Crippen LogP contribution is 2.14. The summed E-state index contributed by atoms with van der Waals surface area (Å²) in [4.78, 5) is 12.1. The van der Waals surface area contributed by atoms with Gasteiger partial charge in [0.25, 0.3) is 5.91 Å². The van der Waals surface area contributed by atoms with Crippen molar-refractivity contribution >= 4 is 27.5 Å². The Morgan fingerprint density at radius 3 is 2.46 bits per heavy atom. The molecule has 0 aliphatic heterocycles. The number of hydrogen-bond acceptors (Lipinski definition) is 3. The van der Waals surface area contributed by atoms with Crippen LogP contribution in [0, 0.1) is 13.8 Å². The largest absolute Gasteiger partial charge is 0.351 e. The van der Waals surface area contributed by atoms with E-state index in [1.165, 1.54) is 0 Å². The standard InChI is InChI=1S/C17H19ClN2O3S/c1-12-6-7-16(10-13(12)2)24(22,23)20-9-8-19-17(21)14-4-3-5-15(18)11-14/h3-7,10-11,20H,8-9H2,1-2H3,(H,19,21). The van der Waals surface area contributed by atoms with Gasteiger partial charge in [-0.05, 0) is 55.3 Å². The first-order valence-electron chi connectivity index (χ1n) is 7.40. The number of sulfonamides is 1. The molecule has 0 aliphatic rings. The maximum Gasteiger partial charge on any atom is 0.251 e. The molecule has 0 fully saturated rings. The number of aryl methyl sites for hydroxylation is 2. The number of nitrogens with one attached hydrogen (secondary N) is 2. The highest BCUT2D eigenvalue weighted by atomic mass is 35.5. The number of amides is 1. The average molecular weight is 367 g/mol. The fraction of sp³-hybridized carbons (Fsp3) is 0.235. The van der Waals surface area contributed by atoms with E-state index in [4.69, 9.17) is 11.6 Å². The van der Waals surface area contributed by atoms with Crippen LogP contribution in [0.5, 0.6) is 0 Å². The van der Waals surface area contributed by atoms with Crippen LogP contribution in [0.25, 0.3) is 0 Å². The summed E-state index contributed by atoms with van der Waals surface area (Å²) in [6, 6.07) is 11.5. The van der Waals surface area contributed by atoms with Crippen LogP contribution in [0.15, 0.2) is 47.4 Å². The summed E-state index contributed by atoms with van der Waals surface area (Å²) >= 11 is 5.83. The third-order valence-corrected chi connectivity index (χ3v) is 5.27. The molecule has 0 unspecified atom stereocenters. The molecule has 0 radical (unpaired) electrons. The quantitative estimate of drug-likeness (QED) is 0.772. The highest BCUT2D eigenvalue weighted by Gasteiger charge is 2.14. The zero-order valence-electron chi connectivity index (χ0n) is 13.5. The zero-order valence-corrected chi connectivity index (χ0v) is 15.0. The molecule has 0 aliphatic carbocycles. The van der Waals surface area contributed by atoms with Crippen LogP contribution in [-0.2, 0) is 10.0 Å². The van der Waals surface area contributed by atoms with Crippen molar-refractivity contribution in [2.24, 2.45) is 0 Å². The fourth-order valence-electron chi connectivity index (χ4n) is 2.06. The van der Waals surface area contributed by atoms with E-state index in [2.05, 4.69) is 10.0 Å². The summed E-state index contributed by atoms with van der Waals surface area (Å²) in [6.45, 7) is 4.06. The Labute approximate surface area is 147 Å². The van der Waals surface area contributed by atoms with Gasteiger partial charge in [0.1, 0.15) is 0 Å². The van der Waals surface area contributed by atoms with Crippen molar-refractivity contribution in [2.45, 2.75) is 18.7 Å². The van der Waals surface area contributed by atoms with E-state index < -0.39 is 10.0 Å². The molecule has 5 nitrogen and oxygen atoms in total. The second-order valence-electron chi connectivity index (χ2n) is 5.41. The van der Waals surface area contributed by atoms with E-state index in [0.717, 1.165) is 11.1 Å². The van der Waals surface area contributed by atoms with Gasteiger partial charge >= 0.3 is 0 Å². The Morgan fingerprint density at radius 2 is 1.79 bits per heavy atom. The molecule has 0 saturated carbocycles. The molecule has 0 atom stereocenters. The van der Waals surface area contributed by atoms with Crippen molar-refractivity contribution in [3.8, 4) is 0 Å².